The van der Waals surface area contributed by atoms with Crippen molar-refractivity contribution in [3.8, 4) is 0 Å². The molecule has 0 saturated heterocycles. The summed E-state index contributed by atoms with van der Waals surface area (Å²) in [4.78, 5) is 16.8. The van der Waals surface area contributed by atoms with Crippen molar-refractivity contribution in [2.24, 2.45) is 0 Å². The molecule has 0 unspecified atom stereocenters. The van der Waals surface area contributed by atoms with Crippen molar-refractivity contribution >= 4 is 23.2 Å². The maximum absolute atomic E-state index is 12.4. The van der Waals surface area contributed by atoms with E-state index in [1.54, 1.807) is 0 Å². The highest BCUT2D eigenvalue weighted by molar-refractivity contribution is 8.00. The first-order valence-electron chi connectivity index (χ1n) is 7.59. The number of imidazole rings is 1. The molecule has 0 radical (unpaired) electrons. The van der Waals surface area contributed by atoms with Crippen molar-refractivity contribution in [1.29, 1.82) is 0 Å². The summed E-state index contributed by atoms with van der Waals surface area (Å²) in [6.45, 7) is 3.90. The molecule has 3 rings (SSSR count). The Morgan fingerprint density at radius 2 is 1.87 bits per heavy atom. The molecule has 2 aromatic heterocycles. The zero-order valence-electron chi connectivity index (χ0n) is 13.1. The molecule has 1 amide bonds. The molecule has 2 heterocycles. The number of carbonyl (C=O) groups is 1. The van der Waals surface area contributed by atoms with Gasteiger partial charge in [-0.25, -0.2) is 4.98 Å². The summed E-state index contributed by atoms with van der Waals surface area (Å²) in [6, 6.07) is 15.9. The van der Waals surface area contributed by atoms with Crippen LogP contribution in [0.25, 0.3) is 5.52 Å². The van der Waals surface area contributed by atoms with E-state index in [1.807, 2.05) is 79.2 Å². The van der Waals surface area contributed by atoms with Crippen LogP contribution in [-0.4, -0.2) is 20.5 Å². The van der Waals surface area contributed by atoms with Gasteiger partial charge >= 0.3 is 0 Å². The van der Waals surface area contributed by atoms with E-state index in [1.165, 1.54) is 11.8 Å². The molecule has 0 spiro atoms. The van der Waals surface area contributed by atoms with Gasteiger partial charge in [-0.05, 0) is 31.5 Å². The third-order valence-corrected chi connectivity index (χ3v) is 4.80. The maximum atomic E-state index is 12.4. The summed E-state index contributed by atoms with van der Waals surface area (Å²) in [6.07, 6.45) is 3.78. The van der Waals surface area contributed by atoms with Gasteiger partial charge in [-0.15, -0.1) is 0 Å². The molecule has 0 bridgehead atoms. The number of carbonyl (C=O) groups excluding carboxylic acids is 1. The fraction of sp³-hybridized carbons (Fsp3) is 0.222. The van der Waals surface area contributed by atoms with E-state index in [9.17, 15) is 4.79 Å². The number of amides is 1. The Hall–Kier alpha value is -2.27. The van der Waals surface area contributed by atoms with Gasteiger partial charge in [-0.3, -0.25) is 9.20 Å². The predicted octanol–water partition coefficient (Wildman–Crippen LogP) is 3.69. The quantitative estimate of drug-likeness (QED) is 0.728. The SMILES string of the molecule is C[C@@H](Sc1ncc2ccccn12)C(=O)N[C@H](C)c1ccccc1. The zero-order valence-corrected chi connectivity index (χ0v) is 14.0. The lowest BCUT2D eigenvalue weighted by atomic mass is 10.1. The van der Waals surface area contributed by atoms with Gasteiger partial charge in [-0.1, -0.05) is 48.2 Å². The van der Waals surface area contributed by atoms with Crippen molar-refractivity contribution in [2.45, 2.75) is 30.3 Å². The normalized spacial score (nSPS) is 13.7. The van der Waals surface area contributed by atoms with Crippen molar-refractivity contribution in [1.82, 2.24) is 14.7 Å². The van der Waals surface area contributed by atoms with Crippen LogP contribution in [0, 0.1) is 0 Å². The van der Waals surface area contributed by atoms with Crippen LogP contribution in [0.15, 0.2) is 66.1 Å². The average molecular weight is 325 g/mol. The summed E-state index contributed by atoms with van der Waals surface area (Å²) in [5.74, 6) is 0.0130. The van der Waals surface area contributed by atoms with Gasteiger partial charge in [0, 0.05) is 6.20 Å². The molecule has 1 N–H and O–H groups in total. The fourth-order valence-corrected chi connectivity index (χ4v) is 3.26. The third-order valence-electron chi connectivity index (χ3n) is 3.71. The van der Waals surface area contributed by atoms with Crippen molar-refractivity contribution in [3.63, 3.8) is 0 Å². The summed E-state index contributed by atoms with van der Waals surface area (Å²) >= 11 is 1.46. The minimum atomic E-state index is -0.216. The van der Waals surface area contributed by atoms with Gasteiger partial charge < -0.3 is 5.32 Å². The highest BCUT2D eigenvalue weighted by Gasteiger charge is 2.19. The molecule has 5 heteroatoms. The number of fused-ring (bicyclic) bond motifs is 1. The lowest BCUT2D eigenvalue weighted by molar-refractivity contribution is -0.120. The van der Waals surface area contributed by atoms with E-state index in [4.69, 9.17) is 0 Å². The van der Waals surface area contributed by atoms with E-state index in [-0.39, 0.29) is 17.2 Å². The predicted molar refractivity (Wildman–Crippen MR) is 93.5 cm³/mol. The standard InChI is InChI=1S/C18H19N3OS/c1-13(15-8-4-3-5-9-15)20-17(22)14(2)23-18-19-12-16-10-6-7-11-21(16)18/h3-14H,1-2H3,(H,20,22)/t13-,14-/m1/s1. The summed E-state index contributed by atoms with van der Waals surface area (Å²) in [5, 5.41) is 3.67. The van der Waals surface area contributed by atoms with Gasteiger partial charge in [0.25, 0.3) is 0 Å². The van der Waals surface area contributed by atoms with Gasteiger partial charge in [-0.2, -0.15) is 0 Å². The number of nitrogens with zero attached hydrogens (tertiary/aromatic N) is 2. The van der Waals surface area contributed by atoms with E-state index >= 15 is 0 Å². The molecular formula is C18H19N3OS. The largest absolute Gasteiger partial charge is 0.349 e. The van der Waals surface area contributed by atoms with Gasteiger partial charge in [0.2, 0.25) is 5.91 Å². The highest BCUT2D eigenvalue weighted by Crippen LogP contribution is 2.24. The maximum Gasteiger partial charge on any atom is 0.233 e. The number of pyridine rings is 1. The first-order valence-corrected chi connectivity index (χ1v) is 8.47. The smallest absolute Gasteiger partial charge is 0.233 e. The molecule has 1 aromatic carbocycles. The minimum Gasteiger partial charge on any atom is -0.349 e. The lowest BCUT2D eigenvalue weighted by Gasteiger charge is -2.17. The van der Waals surface area contributed by atoms with Crippen molar-refractivity contribution in [2.75, 3.05) is 0 Å². The van der Waals surface area contributed by atoms with Crippen molar-refractivity contribution in [3.05, 3.63) is 66.5 Å². The Morgan fingerprint density at radius 3 is 2.65 bits per heavy atom. The van der Waals surface area contributed by atoms with E-state index in [0.717, 1.165) is 16.2 Å². The number of aromatic nitrogens is 2. The van der Waals surface area contributed by atoms with E-state index < -0.39 is 0 Å². The molecular weight excluding hydrogens is 306 g/mol. The number of benzene rings is 1. The second kappa shape index (κ2) is 6.87. The topological polar surface area (TPSA) is 46.4 Å². The molecule has 4 nitrogen and oxygen atoms in total. The van der Waals surface area contributed by atoms with Crippen molar-refractivity contribution < 1.29 is 4.79 Å². The molecule has 0 aliphatic heterocycles. The molecule has 0 saturated carbocycles. The number of hydrogen-bond acceptors (Lipinski definition) is 3. The summed E-state index contributed by atoms with van der Waals surface area (Å²) in [5.41, 5.74) is 2.13. The first kappa shape index (κ1) is 15.6. The van der Waals surface area contributed by atoms with Gasteiger partial charge in [0.1, 0.15) is 0 Å². The Kier molecular flexibility index (Phi) is 4.67. The van der Waals surface area contributed by atoms with Crippen LogP contribution in [0.2, 0.25) is 0 Å². The Morgan fingerprint density at radius 1 is 1.13 bits per heavy atom. The number of rotatable bonds is 5. The van der Waals surface area contributed by atoms with Crippen LogP contribution in [0.3, 0.4) is 0 Å². The number of hydrogen-bond donors (Lipinski definition) is 1. The Balaban J connectivity index is 1.66. The summed E-state index contributed by atoms with van der Waals surface area (Å²) in [7, 11) is 0. The molecule has 118 valence electrons. The van der Waals surface area contributed by atoms with E-state index in [2.05, 4.69) is 10.3 Å². The lowest BCUT2D eigenvalue weighted by Crippen LogP contribution is -2.33. The van der Waals surface area contributed by atoms with Crippen LogP contribution in [0.1, 0.15) is 25.5 Å². The van der Waals surface area contributed by atoms with Crippen LogP contribution < -0.4 is 5.32 Å². The van der Waals surface area contributed by atoms with Gasteiger partial charge in [0.15, 0.2) is 5.16 Å². The molecule has 0 fully saturated rings. The molecule has 23 heavy (non-hydrogen) atoms. The van der Waals surface area contributed by atoms with Crippen LogP contribution in [0.4, 0.5) is 0 Å². The molecule has 0 aliphatic rings. The molecule has 3 aromatic rings. The van der Waals surface area contributed by atoms with Gasteiger partial charge in [0.05, 0.1) is 23.0 Å². The number of nitrogens with one attached hydrogen (secondary N) is 1. The highest BCUT2D eigenvalue weighted by atomic mass is 32.2. The second-order valence-electron chi connectivity index (χ2n) is 5.44. The zero-order chi connectivity index (χ0) is 16.2. The van der Waals surface area contributed by atoms with E-state index in [0.29, 0.717) is 0 Å². The Labute approximate surface area is 139 Å². The summed E-state index contributed by atoms with van der Waals surface area (Å²) < 4.78 is 2.00. The number of thioether (sulfide) groups is 1. The third kappa shape index (κ3) is 3.56. The minimum absolute atomic E-state index is 0.0104. The fourth-order valence-electron chi connectivity index (χ4n) is 2.37. The average Bonchev–Trinajstić information content (AvgIpc) is 2.98. The second-order valence-corrected chi connectivity index (χ2v) is 6.75. The first-order chi connectivity index (χ1) is 11.1. The molecule has 2 atom stereocenters. The monoisotopic (exact) mass is 325 g/mol. The van der Waals surface area contributed by atoms with Crippen LogP contribution in [-0.2, 0) is 4.79 Å². The molecule has 0 aliphatic carbocycles. The Bertz CT molecular complexity index is 800. The van der Waals surface area contributed by atoms with Crippen LogP contribution >= 0.6 is 11.8 Å². The van der Waals surface area contributed by atoms with Crippen LogP contribution in [0.5, 0.6) is 0 Å².